The van der Waals surface area contributed by atoms with Crippen LogP contribution in [0.1, 0.15) is 39.5 Å². The highest BCUT2D eigenvalue weighted by molar-refractivity contribution is 5.82. The highest BCUT2D eigenvalue weighted by Gasteiger charge is 2.25. The SMILES string of the molecule is CCCCC(N)C(=O)N1CCN(CC(=O)NCCC)CC1. The maximum absolute atomic E-state index is 12.2. The molecular weight excluding hydrogens is 268 g/mol. The maximum atomic E-state index is 12.2. The van der Waals surface area contributed by atoms with E-state index < -0.39 is 0 Å². The Labute approximate surface area is 128 Å². The fraction of sp³-hybridized carbons (Fsp3) is 0.867. The highest BCUT2D eigenvalue weighted by atomic mass is 16.2. The van der Waals surface area contributed by atoms with E-state index in [1.807, 2.05) is 11.8 Å². The second-order valence-corrected chi connectivity index (χ2v) is 5.70. The van der Waals surface area contributed by atoms with E-state index in [2.05, 4.69) is 17.1 Å². The van der Waals surface area contributed by atoms with Crippen LogP contribution in [-0.4, -0.2) is 66.9 Å². The van der Waals surface area contributed by atoms with E-state index >= 15 is 0 Å². The first-order valence-corrected chi connectivity index (χ1v) is 8.11. The van der Waals surface area contributed by atoms with Crippen LogP contribution in [-0.2, 0) is 9.59 Å². The summed E-state index contributed by atoms with van der Waals surface area (Å²) >= 11 is 0. The standard InChI is InChI=1S/C15H30N4O2/c1-3-5-6-13(16)15(21)19-10-8-18(9-11-19)12-14(20)17-7-4-2/h13H,3-12,16H2,1-2H3,(H,17,20). The maximum Gasteiger partial charge on any atom is 0.239 e. The van der Waals surface area contributed by atoms with Gasteiger partial charge >= 0.3 is 0 Å². The molecule has 1 aliphatic rings. The van der Waals surface area contributed by atoms with E-state index in [1.54, 1.807) is 0 Å². The number of nitrogens with zero attached hydrogens (tertiary/aromatic N) is 2. The van der Waals surface area contributed by atoms with Gasteiger partial charge in [-0.3, -0.25) is 14.5 Å². The summed E-state index contributed by atoms with van der Waals surface area (Å²) in [6.07, 6.45) is 3.75. The number of amides is 2. The van der Waals surface area contributed by atoms with Crippen LogP contribution in [0.2, 0.25) is 0 Å². The van der Waals surface area contributed by atoms with Crippen LogP contribution in [0.5, 0.6) is 0 Å². The lowest BCUT2D eigenvalue weighted by molar-refractivity contribution is -0.134. The van der Waals surface area contributed by atoms with Crippen molar-refractivity contribution in [3.63, 3.8) is 0 Å². The lowest BCUT2D eigenvalue weighted by Crippen LogP contribution is -2.54. The molecule has 122 valence electrons. The first-order chi connectivity index (χ1) is 10.1. The van der Waals surface area contributed by atoms with Gasteiger partial charge in [-0.15, -0.1) is 0 Å². The highest BCUT2D eigenvalue weighted by Crippen LogP contribution is 2.07. The Kier molecular flexibility index (Phi) is 8.30. The predicted octanol–water partition coefficient (Wildman–Crippen LogP) is 0.174. The van der Waals surface area contributed by atoms with Gasteiger partial charge in [0.2, 0.25) is 11.8 Å². The minimum absolute atomic E-state index is 0.0542. The molecular formula is C15H30N4O2. The fourth-order valence-corrected chi connectivity index (χ4v) is 2.43. The number of piperazine rings is 1. The Balaban J connectivity index is 2.28. The van der Waals surface area contributed by atoms with E-state index in [1.165, 1.54) is 0 Å². The minimum Gasteiger partial charge on any atom is -0.355 e. The molecule has 1 atom stereocenters. The Morgan fingerprint density at radius 1 is 1.14 bits per heavy atom. The van der Waals surface area contributed by atoms with Crippen molar-refractivity contribution in [2.45, 2.75) is 45.6 Å². The van der Waals surface area contributed by atoms with Crippen molar-refractivity contribution in [2.75, 3.05) is 39.3 Å². The van der Waals surface area contributed by atoms with Gasteiger partial charge in [-0.2, -0.15) is 0 Å². The molecule has 1 rings (SSSR count). The lowest BCUT2D eigenvalue weighted by Gasteiger charge is -2.35. The van der Waals surface area contributed by atoms with Crippen LogP contribution in [0, 0.1) is 0 Å². The minimum atomic E-state index is -0.371. The Hall–Kier alpha value is -1.14. The molecule has 0 saturated carbocycles. The van der Waals surface area contributed by atoms with Crippen molar-refractivity contribution < 1.29 is 9.59 Å². The van der Waals surface area contributed by atoms with Crippen molar-refractivity contribution in [1.29, 1.82) is 0 Å². The zero-order valence-corrected chi connectivity index (χ0v) is 13.4. The van der Waals surface area contributed by atoms with E-state index in [0.29, 0.717) is 19.6 Å². The topological polar surface area (TPSA) is 78.7 Å². The van der Waals surface area contributed by atoms with E-state index in [4.69, 9.17) is 5.73 Å². The molecule has 1 heterocycles. The molecule has 2 amide bonds. The van der Waals surface area contributed by atoms with Gasteiger partial charge in [0.15, 0.2) is 0 Å². The zero-order chi connectivity index (χ0) is 15.7. The molecule has 0 bridgehead atoms. The van der Waals surface area contributed by atoms with Crippen molar-refractivity contribution >= 4 is 11.8 Å². The van der Waals surface area contributed by atoms with Crippen LogP contribution in [0.4, 0.5) is 0 Å². The van der Waals surface area contributed by atoms with Crippen molar-refractivity contribution in [3.05, 3.63) is 0 Å². The zero-order valence-electron chi connectivity index (χ0n) is 13.4. The molecule has 1 saturated heterocycles. The van der Waals surface area contributed by atoms with Crippen LogP contribution in [0.3, 0.4) is 0 Å². The molecule has 0 spiro atoms. The van der Waals surface area contributed by atoms with Crippen LogP contribution >= 0.6 is 0 Å². The largest absolute Gasteiger partial charge is 0.355 e. The molecule has 0 aliphatic carbocycles. The smallest absolute Gasteiger partial charge is 0.239 e. The predicted molar refractivity (Wildman–Crippen MR) is 83.8 cm³/mol. The second-order valence-electron chi connectivity index (χ2n) is 5.70. The normalized spacial score (nSPS) is 17.6. The summed E-state index contributed by atoms with van der Waals surface area (Å²) in [5, 5.41) is 2.87. The number of rotatable bonds is 8. The number of nitrogens with one attached hydrogen (secondary N) is 1. The summed E-state index contributed by atoms with van der Waals surface area (Å²) in [5.41, 5.74) is 5.94. The first-order valence-electron chi connectivity index (χ1n) is 8.11. The molecule has 21 heavy (non-hydrogen) atoms. The van der Waals surface area contributed by atoms with Crippen LogP contribution < -0.4 is 11.1 Å². The van der Waals surface area contributed by atoms with E-state index in [-0.39, 0.29) is 17.9 Å². The molecule has 1 aliphatic heterocycles. The third-order valence-electron chi connectivity index (χ3n) is 3.81. The molecule has 6 heteroatoms. The quantitative estimate of drug-likeness (QED) is 0.670. The number of carbonyl (C=O) groups excluding carboxylic acids is 2. The van der Waals surface area contributed by atoms with E-state index in [0.717, 1.165) is 45.3 Å². The van der Waals surface area contributed by atoms with Gasteiger partial charge in [-0.05, 0) is 12.8 Å². The monoisotopic (exact) mass is 298 g/mol. The number of nitrogens with two attached hydrogens (primary N) is 1. The van der Waals surface area contributed by atoms with Gasteiger partial charge in [0, 0.05) is 32.7 Å². The number of hydrogen-bond donors (Lipinski definition) is 2. The summed E-state index contributed by atoms with van der Waals surface area (Å²) in [7, 11) is 0. The molecule has 0 radical (unpaired) electrons. The third kappa shape index (κ3) is 6.44. The Morgan fingerprint density at radius 2 is 1.81 bits per heavy atom. The van der Waals surface area contributed by atoms with Crippen molar-refractivity contribution in [3.8, 4) is 0 Å². The number of hydrogen-bond acceptors (Lipinski definition) is 4. The van der Waals surface area contributed by atoms with Crippen molar-refractivity contribution in [1.82, 2.24) is 15.1 Å². The summed E-state index contributed by atoms with van der Waals surface area (Å²) in [4.78, 5) is 27.8. The molecule has 1 fully saturated rings. The summed E-state index contributed by atoms with van der Waals surface area (Å²) in [6.45, 7) is 8.09. The summed E-state index contributed by atoms with van der Waals surface area (Å²) in [5.74, 6) is 0.120. The molecule has 6 nitrogen and oxygen atoms in total. The first kappa shape index (κ1) is 17.9. The fourth-order valence-electron chi connectivity index (χ4n) is 2.43. The van der Waals surface area contributed by atoms with Gasteiger partial charge in [-0.1, -0.05) is 26.7 Å². The Morgan fingerprint density at radius 3 is 2.38 bits per heavy atom. The van der Waals surface area contributed by atoms with Gasteiger partial charge < -0.3 is 16.0 Å². The second kappa shape index (κ2) is 9.73. The van der Waals surface area contributed by atoms with E-state index in [9.17, 15) is 9.59 Å². The average molecular weight is 298 g/mol. The van der Waals surface area contributed by atoms with Gasteiger partial charge in [0.05, 0.1) is 12.6 Å². The van der Waals surface area contributed by atoms with Crippen LogP contribution in [0.15, 0.2) is 0 Å². The van der Waals surface area contributed by atoms with Crippen molar-refractivity contribution in [2.24, 2.45) is 5.73 Å². The molecule has 0 aromatic rings. The van der Waals surface area contributed by atoms with Gasteiger partial charge in [0.1, 0.15) is 0 Å². The van der Waals surface area contributed by atoms with Crippen LogP contribution in [0.25, 0.3) is 0 Å². The Bertz CT molecular complexity index is 328. The number of carbonyl (C=O) groups is 2. The lowest BCUT2D eigenvalue weighted by atomic mass is 10.1. The molecule has 0 aromatic carbocycles. The summed E-state index contributed by atoms with van der Waals surface area (Å²) < 4.78 is 0. The average Bonchev–Trinajstić information content (AvgIpc) is 2.50. The number of unbranched alkanes of at least 4 members (excludes halogenated alkanes) is 1. The summed E-state index contributed by atoms with van der Waals surface area (Å²) in [6, 6.07) is -0.371. The molecule has 0 aromatic heterocycles. The third-order valence-corrected chi connectivity index (χ3v) is 3.81. The molecule has 1 unspecified atom stereocenters. The van der Waals surface area contributed by atoms with Gasteiger partial charge in [0.25, 0.3) is 0 Å². The van der Waals surface area contributed by atoms with Gasteiger partial charge in [-0.25, -0.2) is 0 Å². The molecule has 3 N–H and O–H groups in total.